The third kappa shape index (κ3) is 7.99. The molecule has 0 radical (unpaired) electrons. The maximum atomic E-state index is 13.4. The van der Waals surface area contributed by atoms with Gasteiger partial charge in [-0.2, -0.15) is 0 Å². The van der Waals surface area contributed by atoms with E-state index in [-0.39, 0.29) is 42.1 Å². The molecule has 0 spiro atoms. The van der Waals surface area contributed by atoms with E-state index in [4.69, 9.17) is 0 Å². The number of halogens is 4. The first-order chi connectivity index (χ1) is 11.9. The van der Waals surface area contributed by atoms with E-state index in [1.807, 2.05) is 41.5 Å². The number of hydrogen-bond donors (Lipinski definition) is 1. The van der Waals surface area contributed by atoms with Gasteiger partial charge in [0, 0.05) is 6.42 Å². The Bertz CT molecular complexity index is 468. The summed E-state index contributed by atoms with van der Waals surface area (Å²) in [7, 11) is 1.50. The Labute approximate surface area is 149 Å². The Balaban J connectivity index is -0.000000533. The largest absolute Gasteiger partial charge is 0.333 e. The quantitative estimate of drug-likeness (QED) is 0.421. The number of hydrogen-bond acceptors (Lipinski definition) is 2. The fourth-order valence-electron chi connectivity index (χ4n) is 2.35. The van der Waals surface area contributed by atoms with Gasteiger partial charge in [0.25, 0.3) is 0 Å². The lowest BCUT2D eigenvalue weighted by molar-refractivity contribution is -0.117. The molecule has 0 saturated carbocycles. The van der Waals surface area contributed by atoms with Crippen molar-refractivity contribution in [2.45, 2.75) is 67.7 Å². The Morgan fingerprint density at radius 1 is 0.800 bits per heavy atom. The van der Waals surface area contributed by atoms with Crippen LogP contribution in [0.1, 0.15) is 66.0 Å². The number of ketones is 1. The van der Waals surface area contributed by atoms with E-state index in [0.717, 1.165) is 0 Å². The van der Waals surface area contributed by atoms with Crippen LogP contribution in [-0.4, -0.2) is 12.8 Å². The molecule has 148 valence electrons. The minimum absolute atomic E-state index is 0.0782. The van der Waals surface area contributed by atoms with Crippen molar-refractivity contribution in [1.29, 1.82) is 0 Å². The van der Waals surface area contributed by atoms with E-state index in [0.29, 0.717) is 0 Å². The molecule has 6 heteroatoms. The molecule has 1 aromatic rings. The van der Waals surface area contributed by atoms with Crippen LogP contribution in [0.25, 0.3) is 0 Å². The summed E-state index contributed by atoms with van der Waals surface area (Å²) < 4.78 is 52.7. The molecule has 2 nitrogen and oxygen atoms in total. The van der Waals surface area contributed by atoms with Crippen LogP contribution in [0.15, 0.2) is 0 Å². The smallest absolute Gasteiger partial charge is 0.197 e. The van der Waals surface area contributed by atoms with Gasteiger partial charge in [-0.25, -0.2) is 17.6 Å². The molecule has 2 rings (SSSR count). The monoisotopic (exact) mass is 367 g/mol. The van der Waals surface area contributed by atoms with Gasteiger partial charge in [0.1, 0.15) is 5.78 Å². The highest BCUT2D eigenvalue weighted by atomic mass is 19.2. The van der Waals surface area contributed by atoms with E-state index in [1.165, 1.54) is 14.0 Å². The van der Waals surface area contributed by atoms with Crippen LogP contribution in [-0.2, 0) is 17.6 Å². The van der Waals surface area contributed by atoms with Gasteiger partial charge in [-0.15, -0.1) is 0 Å². The Morgan fingerprint density at radius 3 is 1.32 bits per heavy atom. The molecule has 0 heterocycles. The third-order valence-corrected chi connectivity index (χ3v) is 3.03. The second-order valence-electron chi connectivity index (χ2n) is 4.39. The van der Waals surface area contributed by atoms with Crippen LogP contribution < -0.4 is 5.73 Å². The average Bonchev–Trinajstić information content (AvgIpc) is 3.08. The van der Waals surface area contributed by atoms with Crippen LogP contribution in [0, 0.1) is 29.2 Å². The molecular formula is C19H33F4NO. The highest BCUT2D eigenvalue weighted by molar-refractivity contribution is 5.75. The lowest BCUT2D eigenvalue weighted by atomic mass is 10.0. The molecule has 0 amide bonds. The van der Waals surface area contributed by atoms with Crippen molar-refractivity contribution >= 4 is 5.78 Å². The summed E-state index contributed by atoms with van der Waals surface area (Å²) >= 11 is 0. The van der Waals surface area contributed by atoms with Gasteiger partial charge in [0.2, 0.25) is 0 Å². The zero-order chi connectivity index (χ0) is 20.7. The molecule has 1 aliphatic carbocycles. The van der Waals surface area contributed by atoms with Crippen molar-refractivity contribution in [2.24, 2.45) is 11.7 Å². The molecule has 0 aliphatic heterocycles. The molecule has 1 aromatic carbocycles. The Hall–Kier alpha value is -1.43. The summed E-state index contributed by atoms with van der Waals surface area (Å²) in [6.45, 7) is 13.4. The molecule has 2 N–H and O–H groups in total. The maximum absolute atomic E-state index is 13.4. The SMILES string of the molecule is CC.CC.CC.CC(=O)CC1Cc2c(F)c(F)c(F)c(F)c2C1.CN. The number of rotatable bonds is 2. The highest BCUT2D eigenvalue weighted by Gasteiger charge is 2.32. The van der Waals surface area contributed by atoms with Crippen LogP contribution in [0.3, 0.4) is 0 Å². The fraction of sp³-hybridized carbons (Fsp3) is 0.632. The highest BCUT2D eigenvalue weighted by Crippen LogP contribution is 2.35. The van der Waals surface area contributed by atoms with Crippen molar-refractivity contribution in [1.82, 2.24) is 0 Å². The fourth-order valence-corrected chi connectivity index (χ4v) is 2.35. The number of fused-ring (bicyclic) bond motifs is 1. The van der Waals surface area contributed by atoms with Crippen LogP contribution in [0.5, 0.6) is 0 Å². The minimum Gasteiger partial charge on any atom is -0.333 e. The summed E-state index contributed by atoms with van der Waals surface area (Å²) in [6.07, 6.45) is 0.320. The number of benzene rings is 1. The van der Waals surface area contributed by atoms with Gasteiger partial charge in [-0.3, -0.25) is 0 Å². The average molecular weight is 367 g/mol. The van der Waals surface area contributed by atoms with Gasteiger partial charge < -0.3 is 10.5 Å². The predicted molar refractivity (Wildman–Crippen MR) is 96.6 cm³/mol. The van der Waals surface area contributed by atoms with Crippen LogP contribution >= 0.6 is 0 Å². The second-order valence-corrected chi connectivity index (χ2v) is 4.39. The molecule has 0 unspecified atom stereocenters. The second kappa shape index (κ2) is 16.1. The van der Waals surface area contributed by atoms with E-state index in [2.05, 4.69) is 5.73 Å². The van der Waals surface area contributed by atoms with Crippen molar-refractivity contribution in [3.05, 3.63) is 34.4 Å². The van der Waals surface area contributed by atoms with Gasteiger partial charge >= 0.3 is 0 Å². The molecular weight excluding hydrogens is 334 g/mol. The summed E-state index contributed by atoms with van der Waals surface area (Å²) in [5.74, 6) is -6.58. The first kappa shape index (κ1) is 28.4. The number of carbonyl (C=O) groups is 1. The number of carbonyl (C=O) groups excluding carboxylic acids is 1. The zero-order valence-electron chi connectivity index (χ0n) is 16.7. The zero-order valence-corrected chi connectivity index (χ0v) is 16.7. The van der Waals surface area contributed by atoms with Crippen molar-refractivity contribution in [3.63, 3.8) is 0 Å². The first-order valence-corrected chi connectivity index (χ1v) is 8.82. The lowest BCUT2D eigenvalue weighted by Gasteiger charge is -2.04. The first-order valence-electron chi connectivity index (χ1n) is 8.82. The standard InChI is InChI=1S/C12H10F4O.3C2H6.CH5N/c1-5(17)2-6-3-7-8(4-6)10(14)12(16)11(15)9(7)13;4*1-2/h6H,2-4H2,1H3;3*1-2H3;2H2,1H3. The van der Waals surface area contributed by atoms with Crippen LogP contribution in [0.2, 0.25) is 0 Å². The molecule has 0 saturated heterocycles. The van der Waals surface area contributed by atoms with E-state index >= 15 is 0 Å². The number of Topliss-reactive ketones (excluding diaryl/α,β-unsaturated/α-hetero) is 1. The number of nitrogens with two attached hydrogens (primary N) is 1. The summed E-state index contributed by atoms with van der Waals surface area (Å²) in [5.41, 5.74) is 4.24. The summed E-state index contributed by atoms with van der Waals surface area (Å²) in [4.78, 5) is 10.9. The van der Waals surface area contributed by atoms with E-state index in [9.17, 15) is 22.4 Å². The molecule has 0 atom stereocenters. The Morgan fingerprint density at radius 2 is 1.08 bits per heavy atom. The Kier molecular flexibility index (Phi) is 18.2. The maximum Gasteiger partial charge on any atom is 0.197 e. The molecule has 0 bridgehead atoms. The van der Waals surface area contributed by atoms with Crippen LogP contribution in [0.4, 0.5) is 17.6 Å². The molecule has 25 heavy (non-hydrogen) atoms. The van der Waals surface area contributed by atoms with Crippen molar-refractivity contribution < 1.29 is 22.4 Å². The van der Waals surface area contributed by atoms with Gasteiger partial charge in [-0.1, -0.05) is 41.5 Å². The third-order valence-electron chi connectivity index (χ3n) is 3.03. The van der Waals surface area contributed by atoms with Gasteiger partial charge in [-0.05, 0) is 43.9 Å². The minimum atomic E-state index is -1.77. The summed E-state index contributed by atoms with van der Waals surface area (Å²) in [5, 5.41) is 0. The predicted octanol–water partition coefficient (Wildman–Crippen LogP) is 5.59. The normalized spacial score (nSPS) is 11.2. The van der Waals surface area contributed by atoms with Gasteiger partial charge in [0.05, 0.1) is 0 Å². The van der Waals surface area contributed by atoms with Crippen molar-refractivity contribution in [3.8, 4) is 0 Å². The topological polar surface area (TPSA) is 43.1 Å². The molecule has 1 aliphatic rings. The van der Waals surface area contributed by atoms with E-state index in [1.54, 1.807) is 0 Å². The van der Waals surface area contributed by atoms with Crippen molar-refractivity contribution in [2.75, 3.05) is 7.05 Å². The molecule has 0 fully saturated rings. The summed E-state index contributed by atoms with van der Waals surface area (Å²) in [6, 6.07) is 0. The van der Waals surface area contributed by atoms with Gasteiger partial charge in [0.15, 0.2) is 23.3 Å². The molecule has 0 aromatic heterocycles. The lowest BCUT2D eigenvalue weighted by Crippen LogP contribution is -2.05. The van der Waals surface area contributed by atoms with E-state index < -0.39 is 23.3 Å².